The number of aromatic nitrogens is 2. The number of likely N-dealkylation sites (tertiary alicyclic amines) is 1. The van der Waals surface area contributed by atoms with Crippen LogP contribution in [0.15, 0.2) is 48.1 Å². The van der Waals surface area contributed by atoms with E-state index < -0.39 is 0 Å². The summed E-state index contributed by atoms with van der Waals surface area (Å²) in [6.07, 6.45) is 9.04. The van der Waals surface area contributed by atoms with Crippen LogP contribution in [-0.2, 0) is 17.6 Å². The van der Waals surface area contributed by atoms with Gasteiger partial charge in [-0.25, -0.2) is 4.98 Å². The highest BCUT2D eigenvalue weighted by Crippen LogP contribution is 2.29. The lowest BCUT2D eigenvalue weighted by molar-refractivity contribution is -0.134. The van der Waals surface area contributed by atoms with Crippen molar-refractivity contribution in [2.24, 2.45) is 0 Å². The standard InChI is InChI=1S/C25H29N3O3S/c1-30-22-11-9-18(14-23(22)31-2)8-10-21-7-3-4-13-28(21)24(29)15-20-17-32-25(27-20)19-6-5-12-26-16-19/h5-6,9,11-12,14,16-17,21H,3-4,7-8,10,13,15H2,1-2H3. The average Bonchev–Trinajstić information content (AvgIpc) is 3.31. The molecule has 1 saturated heterocycles. The first kappa shape index (κ1) is 22.3. The van der Waals surface area contributed by atoms with Crippen LogP contribution in [0.2, 0.25) is 0 Å². The molecule has 168 valence electrons. The fourth-order valence-corrected chi connectivity index (χ4v) is 5.08. The molecule has 2 aromatic heterocycles. The molecule has 0 bridgehead atoms. The number of benzene rings is 1. The maximum Gasteiger partial charge on any atom is 0.228 e. The van der Waals surface area contributed by atoms with Crippen molar-refractivity contribution in [2.75, 3.05) is 20.8 Å². The minimum absolute atomic E-state index is 0.171. The summed E-state index contributed by atoms with van der Waals surface area (Å²) in [7, 11) is 3.30. The Morgan fingerprint density at radius 2 is 2.06 bits per heavy atom. The number of pyridine rings is 1. The van der Waals surface area contributed by atoms with Gasteiger partial charge in [-0.05, 0) is 61.9 Å². The topological polar surface area (TPSA) is 64.5 Å². The monoisotopic (exact) mass is 451 g/mol. The molecule has 1 aliphatic heterocycles. The van der Waals surface area contributed by atoms with Gasteiger partial charge >= 0.3 is 0 Å². The van der Waals surface area contributed by atoms with Gasteiger partial charge in [0.05, 0.1) is 26.3 Å². The lowest BCUT2D eigenvalue weighted by atomic mass is 9.95. The van der Waals surface area contributed by atoms with Crippen LogP contribution in [0, 0.1) is 0 Å². The number of nitrogens with zero attached hydrogens (tertiary/aromatic N) is 3. The Morgan fingerprint density at radius 1 is 1.19 bits per heavy atom. The summed E-state index contributed by atoms with van der Waals surface area (Å²) in [5, 5.41) is 2.90. The minimum Gasteiger partial charge on any atom is -0.493 e. The van der Waals surface area contributed by atoms with E-state index in [1.807, 2.05) is 29.6 Å². The number of piperidine rings is 1. The number of thiazole rings is 1. The molecule has 1 aromatic carbocycles. The number of amides is 1. The summed E-state index contributed by atoms with van der Waals surface area (Å²) in [5.74, 6) is 1.65. The van der Waals surface area contributed by atoms with Gasteiger partial charge in [-0.3, -0.25) is 9.78 Å². The molecule has 0 aliphatic carbocycles. The number of carbonyl (C=O) groups is 1. The highest BCUT2D eigenvalue weighted by Gasteiger charge is 2.27. The number of ether oxygens (including phenoxy) is 2. The Balaban J connectivity index is 1.39. The molecule has 0 saturated carbocycles. The second-order valence-electron chi connectivity index (χ2n) is 8.03. The third kappa shape index (κ3) is 5.27. The van der Waals surface area contributed by atoms with Crippen molar-refractivity contribution in [2.45, 2.75) is 44.6 Å². The van der Waals surface area contributed by atoms with Gasteiger partial charge in [-0.15, -0.1) is 11.3 Å². The molecule has 0 N–H and O–H groups in total. The maximum absolute atomic E-state index is 13.2. The summed E-state index contributed by atoms with van der Waals surface area (Å²) in [5.41, 5.74) is 3.02. The van der Waals surface area contributed by atoms with Crippen LogP contribution in [0.3, 0.4) is 0 Å². The number of carbonyl (C=O) groups excluding carboxylic acids is 1. The van der Waals surface area contributed by atoms with Crippen LogP contribution in [0.4, 0.5) is 0 Å². The van der Waals surface area contributed by atoms with Crippen molar-refractivity contribution in [3.8, 4) is 22.1 Å². The largest absolute Gasteiger partial charge is 0.493 e. The first-order chi connectivity index (χ1) is 15.7. The van der Waals surface area contributed by atoms with E-state index in [0.29, 0.717) is 6.42 Å². The predicted octanol–water partition coefficient (Wildman–Crippen LogP) is 4.78. The quantitative estimate of drug-likeness (QED) is 0.493. The summed E-state index contributed by atoms with van der Waals surface area (Å²) >= 11 is 1.56. The van der Waals surface area contributed by atoms with Gasteiger partial charge in [0.1, 0.15) is 5.01 Å². The molecule has 1 atom stereocenters. The van der Waals surface area contributed by atoms with Crippen LogP contribution in [0.5, 0.6) is 11.5 Å². The number of aryl methyl sites for hydroxylation is 1. The van der Waals surface area contributed by atoms with Crippen molar-refractivity contribution in [1.29, 1.82) is 0 Å². The van der Waals surface area contributed by atoms with E-state index >= 15 is 0 Å². The fraction of sp³-hybridized carbons (Fsp3) is 0.400. The van der Waals surface area contributed by atoms with Crippen LogP contribution in [0.1, 0.15) is 36.9 Å². The Kier molecular flexibility index (Phi) is 7.37. The van der Waals surface area contributed by atoms with Crippen molar-refractivity contribution in [1.82, 2.24) is 14.9 Å². The summed E-state index contributed by atoms with van der Waals surface area (Å²) in [6.45, 7) is 0.828. The van der Waals surface area contributed by atoms with Gasteiger partial charge in [0.15, 0.2) is 11.5 Å². The number of hydrogen-bond acceptors (Lipinski definition) is 6. The molecule has 0 radical (unpaired) electrons. The van der Waals surface area contributed by atoms with E-state index in [1.54, 1.807) is 38.0 Å². The average molecular weight is 452 g/mol. The molecule has 1 fully saturated rings. The minimum atomic E-state index is 0.171. The van der Waals surface area contributed by atoms with Crippen molar-refractivity contribution >= 4 is 17.2 Å². The summed E-state index contributed by atoms with van der Waals surface area (Å²) < 4.78 is 10.8. The van der Waals surface area contributed by atoms with Crippen molar-refractivity contribution in [3.63, 3.8) is 0 Å². The van der Waals surface area contributed by atoms with E-state index in [-0.39, 0.29) is 11.9 Å². The van der Waals surface area contributed by atoms with Crippen LogP contribution >= 0.6 is 11.3 Å². The van der Waals surface area contributed by atoms with Gasteiger partial charge in [0.25, 0.3) is 0 Å². The number of hydrogen-bond donors (Lipinski definition) is 0. The maximum atomic E-state index is 13.2. The highest BCUT2D eigenvalue weighted by molar-refractivity contribution is 7.13. The Morgan fingerprint density at radius 3 is 2.84 bits per heavy atom. The normalized spacial score (nSPS) is 16.1. The van der Waals surface area contributed by atoms with Crippen molar-refractivity contribution in [3.05, 3.63) is 59.4 Å². The lowest BCUT2D eigenvalue weighted by Gasteiger charge is -2.36. The van der Waals surface area contributed by atoms with Gasteiger partial charge in [-0.2, -0.15) is 0 Å². The second kappa shape index (κ2) is 10.6. The molecule has 3 heterocycles. The first-order valence-electron chi connectivity index (χ1n) is 11.0. The highest BCUT2D eigenvalue weighted by atomic mass is 32.1. The van der Waals surface area contributed by atoms with E-state index in [1.165, 1.54) is 12.0 Å². The van der Waals surface area contributed by atoms with Crippen molar-refractivity contribution < 1.29 is 14.3 Å². The molecule has 1 aliphatic rings. The molecular formula is C25H29N3O3S. The molecule has 6 nitrogen and oxygen atoms in total. The van der Waals surface area contributed by atoms with E-state index in [9.17, 15) is 4.79 Å². The number of rotatable bonds is 8. The van der Waals surface area contributed by atoms with Gasteiger partial charge < -0.3 is 14.4 Å². The van der Waals surface area contributed by atoms with E-state index in [0.717, 1.165) is 60.0 Å². The van der Waals surface area contributed by atoms with E-state index in [2.05, 4.69) is 20.9 Å². The first-order valence-corrected chi connectivity index (χ1v) is 11.9. The van der Waals surface area contributed by atoms with Crippen LogP contribution < -0.4 is 9.47 Å². The summed E-state index contributed by atoms with van der Waals surface area (Å²) in [4.78, 5) is 24.1. The zero-order valence-corrected chi connectivity index (χ0v) is 19.4. The molecular weight excluding hydrogens is 422 g/mol. The van der Waals surface area contributed by atoms with Crippen LogP contribution in [-0.4, -0.2) is 47.6 Å². The predicted molar refractivity (Wildman–Crippen MR) is 126 cm³/mol. The Bertz CT molecular complexity index is 1040. The van der Waals surface area contributed by atoms with Gasteiger partial charge in [0, 0.05) is 35.9 Å². The van der Waals surface area contributed by atoms with E-state index in [4.69, 9.17) is 9.47 Å². The molecule has 3 aromatic rings. The molecule has 7 heteroatoms. The zero-order chi connectivity index (χ0) is 22.3. The fourth-order valence-electron chi connectivity index (χ4n) is 4.26. The third-order valence-corrected chi connectivity index (χ3v) is 6.89. The molecule has 0 spiro atoms. The second-order valence-corrected chi connectivity index (χ2v) is 8.89. The lowest BCUT2D eigenvalue weighted by Crippen LogP contribution is -2.44. The zero-order valence-electron chi connectivity index (χ0n) is 18.6. The van der Waals surface area contributed by atoms with Gasteiger partial charge in [-0.1, -0.05) is 6.07 Å². The molecule has 32 heavy (non-hydrogen) atoms. The van der Waals surface area contributed by atoms with Gasteiger partial charge in [0.2, 0.25) is 5.91 Å². The van der Waals surface area contributed by atoms with Crippen LogP contribution in [0.25, 0.3) is 10.6 Å². The SMILES string of the molecule is COc1ccc(CCC2CCCCN2C(=O)Cc2csc(-c3cccnc3)n2)cc1OC. The Labute approximate surface area is 193 Å². The molecule has 1 amide bonds. The summed E-state index contributed by atoms with van der Waals surface area (Å²) in [6, 6.07) is 10.2. The third-order valence-electron chi connectivity index (χ3n) is 5.95. The molecule has 4 rings (SSSR count). The smallest absolute Gasteiger partial charge is 0.228 e. The Hall–Kier alpha value is -2.93. The number of methoxy groups -OCH3 is 2. The molecule has 1 unspecified atom stereocenters.